The van der Waals surface area contributed by atoms with Gasteiger partial charge in [-0.15, -0.1) is 0 Å². The second-order valence-corrected chi connectivity index (χ2v) is 16.4. The predicted octanol–water partition coefficient (Wildman–Crippen LogP) is 4.72. The van der Waals surface area contributed by atoms with Crippen molar-refractivity contribution in [3.05, 3.63) is 70.3 Å². The summed E-state index contributed by atoms with van der Waals surface area (Å²) in [5, 5.41) is 12.3. The van der Waals surface area contributed by atoms with Gasteiger partial charge in [-0.2, -0.15) is 0 Å². The molecule has 0 unspecified atom stereocenters. The number of ether oxygens (including phenoxy) is 2. The molecule has 2 amide bonds. The summed E-state index contributed by atoms with van der Waals surface area (Å²) >= 11 is 6.34. The number of aliphatic hydroxyl groups is 1. The van der Waals surface area contributed by atoms with Gasteiger partial charge in [0.1, 0.15) is 18.0 Å². The number of sulfonamides is 1. The third-order valence-corrected chi connectivity index (χ3v) is 13.0. The molecular formula is C36H46ClN3O7S. The van der Waals surface area contributed by atoms with Crippen molar-refractivity contribution in [2.45, 2.75) is 75.9 Å². The molecule has 2 aromatic rings. The van der Waals surface area contributed by atoms with Crippen LogP contribution in [0.15, 0.2) is 48.6 Å². The van der Waals surface area contributed by atoms with Crippen LogP contribution in [-0.2, 0) is 32.6 Å². The van der Waals surface area contributed by atoms with E-state index in [1.54, 1.807) is 56.1 Å². The lowest BCUT2D eigenvalue weighted by Gasteiger charge is -2.51. The molecule has 2 N–H and O–H groups in total. The van der Waals surface area contributed by atoms with Crippen LogP contribution < -0.4 is 14.4 Å². The molecule has 0 spiro atoms. The normalized spacial score (nSPS) is 32.0. The molecule has 0 radical (unpaired) electrons. The lowest BCUT2D eigenvalue weighted by Crippen LogP contribution is -2.63. The number of benzene rings is 2. The molecule has 3 heterocycles. The van der Waals surface area contributed by atoms with E-state index in [9.17, 15) is 23.1 Å². The number of nitrogens with zero attached hydrogens (tertiary/aromatic N) is 2. The zero-order chi connectivity index (χ0) is 34.2. The standard InChI is InChI=1S/C36H46ClN3O7S/c1-23-7-6-15-36(43,33-35(42)39(3)17-18-46-33)30-13-10-27(30)21-40-16-5-4-8-25-19-29(37)12-9-28(25)22-47-32-14-11-26(20-31(32)40)34(41)38-48(44,45)24(23)2/h6,9,11-12,14-15,19-20,23-24,27,30,33,43H,4-5,7-8,10,13,16-18,21-22H2,1-3H3,(H,38,41)/b15-6+/t23-,24+,27-,30+,33-,36+/m0/s1. The van der Waals surface area contributed by atoms with Crippen molar-refractivity contribution in [3.63, 3.8) is 0 Å². The topological polar surface area (TPSA) is 125 Å². The predicted molar refractivity (Wildman–Crippen MR) is 185 cm³/mol. The maximum atomic E-state index is 13.5. The lowest BCUT2D eigenvalue weighted by molar-refractivity contribution is -0.185. The molecular weight excluding hydrogens is 654 g/mol. The smallest absolute Gasteiger partial charge is 0.264 e. The van der Waals surface area contributed by atoms with E-state index in [-0.39, 0.29) is 29.2 Å². The summed E-state index contributed by atoms with van der Waals surface area (Å²) in [6.45, 7) is 5.62. The monoisotopic (exact) mass is 699 g/mol. The van der Waals surface area contributed by atoms with E-state index in [0.717, 1.165) is 36.8 Å². The second kappa shape index (κ2) is 14.0. The van der Waals surface area contributed by atoms with Gasteiger partial charge in [-0.05, 0) is 105 Å². The fraction of sp³-hybridized carbons (Fsp3) is 0.556. The van der Waals surface area contributed by atoms with Gasteiger partial charge in [0, 0.05) is 37.3 Å². The van der Waals surface area contributed by atoms with Gasteiger partial charge in [0.15, 0.2) is 6.10 Å². The molecule has 12 heteroatoms. The molecule has 2 aromatic carbocycles. The Kier molecular flexibility index (Phi) is 10.1. The molecule has 260 valence electrons. The zero-order valence-corrected chi connectivity index (χ0v) is 29.4. The average molecular weight is 700 g/mol. The first-order valence-electron chi connectivity index (χ1n) is 17.0. The van der Waals surface area contributed by atoms with Gasteiger partial charge in [0.2, 0.25) is 10.0 Å². The molecule has 10 nitrogen and oxygen atoms in total. The van der Waals surface area contributed by atoms with Crippen molar-refractivity contribution in [2.75, 3.05) is 38.2 Å². The summed E-state index contributed by atoms with van der Waals surface area (Å²) in [4.78, 5) is 30.7. The first-order chi connectivity index (χ1) is 22.9. The summed E-state index contributed by atoms with van der Waals surface area (Å²) in [6.07, 6.45) is 6.82. The quantitative estimate of drug-likeness (QED) is 0.410. The van der Waals surface area contributed by atoms with E-state index in [4.69, 9.17) is 21.1 Å². The first kappa shape index (κ1) is 34.7. The minimum atomic E-state index is -4.05. The van der Waals surface area contributed by atoms with Gasteiger partial charge in [0.25, 0.3) is 11.8 Å². The highest BCUT2D eigenvalue weighted by Crippen LogP contribution is 2.47. The largest absolute Gasteiger partial charge is 0.487 e. The summed E-state index contributed by atoms with van der Waals surface area (Å²) < 4.78 is 41.6. The van der Waals surface area contributed by atoms with Crippen LogP contribution in [0, 0.1) is 17.8 Å². The number of morpholine rings is 1. The van der Waals surface area contributed by atoms with E-state index >= 15 is 0 Å². The number of hydrogen-bond acceptors (Lipinski definition) is 8. The number of aryl methyl sites for hydroxylation is 1. The van der Waals surface area contributed by atoms with Crippen LogP contribution in [0.2, 0.25) is 5.02 Å². The number of nitrogens with one attached hydrogen (secondary N) is 1. The van der Waals surface area contributed by atoms with Gasteiger partial charge in [-0.3, -0.25) is 9.59 Å². The molecule has 6 atom stereocenters. The van der Waals surface area contributed by atoms with Crippen LogP contribution in [0.5, 0.6) is 5.75 Å². The zero-order valence-electron chi connectivity index (χ0n) is 27.9. The number of carbonyl (C=O) groups excluding carboxylic acids is 2. The number of anilines is 1. The fourth-order valence-electron chi connectivity index (χ4n) is 7.43. The number of fused-ring (bicyclic) bond motifs is 3. The molecule has 1 saturated heterocycles. The van der Waals surface area contributed by atoms with E-state index in [1.165, 1.54) is 0 Å². The minimum Gasteiger partial charge on any atom is -0.487 e. The van der Waals surface area contributed by atoms with Gasteiger partial charge in [-0.25, -0.2) is 13.1 Å². The van der Waals surface area contributed by atoms with Crippen LogP contribution in [0.25, 0.3) is 0 Å². The van der Waals surface area contributed by atoms with Crippen molar-refractivity contribution in [1.29, 1.82) is 0 Å². The Morgan fingerprint density at radius 2 is 1.85 bits per heavy atom. The third kappa shape index (κ3) is 6.97. The Morgan fingerprint density at radius 1 is 1.04 bits per heavy atom. The molecule has 1 aliphatic carbocycles. The molecule has 2 bridgehead atoms. The fourth-order valence-corrected chi connectivity index (χ4v) is 8.91. The number of likely N-dealkylation sites (N-methyl/N-ethyl adjacent to an activating group) is 1. The van der Waals surface area contributed by atoms with Crippen LogP contribution in [-0.4, -0.2) is 80.5 Å². The Hall–Kier alpha value is -3.12. The van der Waals surface area contributed by atoms with Crippen molar-refractivity contribution in [3.8, 4) is 5.75 Å². The van der Waals surface area contributed by atoms with Gasteiger partial charge >= 0.3 is 0 Å². The van der Waals surface area contributed by atoms with E-state index < -0.39 is 32.9 Å². The highest BCUT2D eigenvalue weighted by Gasteiger charge is 2.54. The Labute approximate surface area is 288 Å². The summed E-state index contributed by atoms with van der Waals surface area (Å²) in [7, 11) is -2.33. The number of rotatable bonds is 1. The SMILES string of the molecule is C[C@@H]1[C@@H](C)C/C=C/[C@](O)([C@H]2OCCN(C)C2=O)[C@@H]2CC[C@H]2CN2CCCCc3cc(Cl)ccc3COc3ccc(cc32)C(=O)NS1(=O)=O. The van der Waals surface area contributed by atoms with Gasteiger partial charge in [0.05, 0.1) is 17.5 Å². The van der Waals surface area contributed by atoms with Crippen molar-refractivity contribution in [1.82, 2.24) is 9.62 Å². The number of halogens is 1. The number of amides is 2. The Balaban J connectivity index is 1.42. The second-order valence-electron chi connectivity index (χ2n) is 13.9. The number of carbonyl (C=O) groups is 2. The molecule has 4 aliphatic rings. The lowest BCUT2D eigenvalue weighted by atomic mass is 9.62. The number of allylic oxidation sites excluding steroid dienone is 1. The Bertz CT molecular complexity index is 1680. The molecule has 6 rings (SSSR count). The molecule has 2 fully saturated rings. The summed E-state index contributed by atoms with van der Waals surface area (Å²) in [5.41, 5.74) is 1.47. The van der Waals surface area contributed by atoms with Crippen LogP contribution in [0.4, 0.5) is 5.69 Å². The molecule has 3 aliphatic heterocycles. The summed E-state index contributed by atoms with van der Waals surface area (Å²) in [5.74, 6) is -1.04. The van der Waals surface area contributed by atoms with E-state index in [0.29, 0.717) is 62.1 Å². The highest BCUT2D eigenvalue weighted by molar-refractivity contribution is 7.90. The molecule has 1 saturated carbocycles. The van der Waals surface area contributed by atoms with Crippen LogP contribution in [0.1, 0.15) is 67.4 Å². The third-order valence-electron chi connectivity index (χ3n) is 10.9. The van der Waals surface area contributed by atoms with Gasteiger partial charge < -0.3 is 24.4 Å². The van der Waals surface area contributed by atoms with Gasteiger partial charge in [-0.1, -0.05) is 36.7 Å². The average Bonchev–Trinajstić information content (AvgIpc) is 3.06. The highest BCUT2D eigenvalue weighted by atomic mass is 35.5. The van der Waals surface area contributed by atoms with Crippen molar-refractivity contribution < 1.29 is 32.6 Å². The van der Waals surface area contributed by atoms with E-state index in [2.05, 4.69) is 9.62 Å². The molecule has 0 aromatic heterocycles. The van der Waals surface area contributed by atoms with Crippen molar-refractivity contribution in [2.24, 2.45) is 17.8 Å². The Morgan fingerprint density at radius 3 is 2.62 bits per heavy atom. The van der Waals surface area contributed by atoms with Crippen molar-refractivity contribution >= 4 is 39.1 Å². The maximum absolute atomic E-state index is 13.5. The van der Waals surface area contributed by atoms with Crippen LogP contribution in [0.3, 0.4) is 0 Å². The molecule has 48 heavy (non-hydrogen) atoms. The summed E-state index contributed by atoms with van der Waals surface area (Å²) in [6, 6.07) is 10.9. The van der Waals surface area contributed by atoms with Crippen LogP contribution >= 0.6 is 11.6 Å². The first-order valence-corrected chi connectivity index (χ1v) is 18.9. The number of hydrogen-bond donors (Lipinski definition) is 2. The van der Waals surface area contributed by atoms with E-state index in [1.807, 2.05) is 18.2 Å². The maximum Gasteiger partial charge on any atom is 0.264 e. The minimum absolute atomic E-state index is 0.0133.